The van der Waals surface area contributed by atoms with E-state index in [9.17, 15) is 0 Å². The molecule has 0 nitrogen and oxygen atoms in total. The molecule has 0 amide bonds. The van der Waals surface area contributed by atoms with E-state index in [0.717, 1.165) is 0 Å². The predicted molar refractivity (Wildman–Crippen MR) is 56.6 cm³/mol. The Hall–Kier alpha value is -0.211. The van der Waals surface area contributed by atoms with Crippen molar-refractivity contribution in [2.24, 2.45) is 0 Å². The maximum absolute atomic E-state index is 3.03. The van der Waals surface area contributed by atoms with E-state index in [4.69, 9.17) is 0 Å². The minimum absolute atomic E-state index is 1.29. The average Bonchev–Trinajstić information content (AvgIpc) is 2.54. The molecule has 12 heavy (non-hydrogen) atoms. The molecule has 1 heterocycles. The number of rotatable bonds is 1. The molecule has 1 aromatic heterocycles. The zero-order chi connectivity index (χ0) is 8.39. The van der Waals surface area contributed by atoms with Gasteiger partial charge >= 0.3 is 87.1 Å². The van der Waals surface area contributed by atoms with Crippen LogP contribution in [0.1, 0.15) is 0 Å². The second-order valence-electron chi connectivity index (χ2n) is 2.32. The van der Waals surface area contributed by atoms with E-state index in [1.165, 1.54) is 13.1 Å². The van der Waals surface area contributed by atoms with E-state index in [1.807, 2.05) is 6.07 Å². The zero-order valence-corrected chi connectivity index (χ0v) is 9.53. The molecular formula is C9H6S2Se. The molecule has 60 valence electrons. The van der Waals surface area contributed by atoms with Gasteiger partial charge in [0.25, 0.3) is 0 Å². The molecule has 3 heteroatoms. The molecule has 2 aromatic rings. The third-order valence-electron chi connectivity index (χ3n) is 1.51. The van der Waals surface area contributed by atoms with Crippen LogP contribution in [0.4, 0.5) is 0 Å². The van der Waals surface area contributed by atoms with Gasteiger partial charge in [0.1, 0.15) is 0 Å². The summed E-state index contributed by atoms with van der Waals surface area (Å²) in [6, 6.07) is 10.5. The Balaban J connectivity index is 2.51. The molecule has 2 rings (SSSR count). The normalized spacial score (nSPS) is 10.0. The van der Waals surface area contributed by atoms with Crippen molar-refractivity contribution in [3.63, 3.8) is 0 Å². The second-order valence-corrected chi connectivity index (χ2v) is 6.53. The first-order chi connectivity index (χ1) is 5.86. The van der Waals surface area contributed by atoms with Crippen molar-refractivity contribution >= 4 is 38.2 Å². The van der Waals surface area contributed by atoms with Gasteiger partial charge in [-0.05, 0) is 0 Å². The van der Waals surface area contributed by atoms with Crippen LogP contribution in [0, 0.1) is 2.69 Å². The number of hydrogen-bond acceptors (Lipinski definition) is 2. The van der Waals surface area contributed by atoms with Crippen LogP contribution in [0.15, 0.2) is 35.7 Å². The van der Waals surface area contributed by atoms with Gasteiger partial charge in [-0.2, -0.15) is 0 Å². The van der Waals surface area contributed by atoms with Gasteiger partial charge < -0.3 is 0 Å². The van der Waals surface area contributed by atoms with Crippen LogP contribution in [0.5, 0.6) is 0 Å². The predicted octanol–water partition coefficient (Wildman–Crippen LogP) is 3.18. The van der Waals surface area contributed by atoms with E-state index in [-0.39, 0.29) is 0 Å². The molecule has 0 unspecified atom stereocenters. The molecule has 0 saturated heterocycles. The van der Waals surface area contributed by atoms with Crippen molar-refractivity contribution < 1.29 is 0 Å². The summed E-state index contributed by atoms with van der Waals surface area (Å²) in [7, 11) is 0. The quantitative estimate of drug-likeness (QED) is 0.688. The summed E-state index contributed by atoms with van der Waals surface area (Å²) in [4.78, 5) is 1.34. The first kappa shape index (κ1) is 8.39. The molecule has 0 radical (unpaired) electrons. The summed E-state index contributed by atoms with van der Waals surface area (Å²) < 4.78 is 1.29. The van der Waals surface area contributed by atoms with Gasteiger partial charge in [-0.25, -0.2) is 0 Å². The van der Waals surface area contributed by atoms with E-state index in [0.29, 0.717) is 0 Å². The van der Waals surface area contributed by atoms with Gasteiger partial charge in [0, 0.05) is 0 Å². The standard InChI is InChI=1S/C9H6S2Se/c12-9-10-6-8(11-9)7-4-2-1-3-5-7/h1-6H. The number of benzene rings is 1. The van der Waals surface area contributed by atoms with Crippen molar-refractivity contribution in [3.05, 3.63) is 38.4 Å². The summed E-state index contributed by atoms with van der Waals surface area (Å²) >= 11 is 6.60. The summed E-state index contributed by atoms with van der Waals surface area (Å²) in [6.45, 7) is 0. The van der Waals surface area contributed by atoms with Crippen LogP contribution in [0.2, 0.25) is 0 Å². The van der Waals surface area contributed by atoms with Crippen LogP contribution >= 0.6 is 22.7 Å². The van der Waals surface area contributed by atoms with Crippen molar-refractivity contribution in [1.82, 2.24) is 0 Å². The Morgan fingerprint density at radius 1 is 1.08 bits per heavy atom. The molecule has 0 aliphatic rings. The fourth-order valence-electron chi connectivity index (χ4n) is 0.969. The summed E-state index contributed by atoms with van der Waals surface area (Å²) in [6.07, 6.45) is 0. The third-order valence-corrected chi connectivity index (χ3v) is 4.62. The topological polar surface area (TPSA) is 0 Å². The maximum atomic E-state index is 3.03. The molecule has 0 spiro atoms. The van der Waals surface area contributed by atoms with Crippen LogP contribution in [0.25, 0.3) is 10.4 Å². The van der Waals surface area contributed by atoms with Gasteiger partial charge in [-0.15, -0.1) is 0 Å². The van der Waals surface area contributed by atoms with Crippen molar-refractivity contribution in [3.8, 4) is 10.4 Å². The molecule has 0 fully saturated rings. The van der Waals surface area contributed by atoms with Gasteiger partial charge in [0.05, 0.1) is 0 Å². The molecule has 1 aromatic carbocycles. The van der Waals surface area contributed by atoms with E-state index >= 15 is 0 Å². The number of hydrogen-bond donors (Lipinski definition) is 0. The fourth-order valence-corrected chi connectivity index (χ4v) is 3.55. The van der Waals surface area contributed by atoms with Crippen molar-refractivity contribution in [2.75, 3.05) is 0 Å². The van der Waals surface area contributed by atoms with Crippen LogP contribution < -0.4 is 0 Å². The van der Waals surface area contributed by atoms with Gasteiger partial charge in [-0.1, -0.05) is 0 Å². The molecule has 0 aliphatic carbocycles. The average molecular weight is 257 g/mol. The Morgan fingerprint density at radius 3 is 2.42 bits per heavy atom. The Bertz CT molecular complexity index is 413. The van der Waals surface area contributed by atoms with Crippen LogP contribution in [-0.4, -0.2) is 15.6 Å². The summed E-state index contributed by atoms with van der Waals surface area (Å²) in [5, 5.41) is 2.19. The monoisotopic (exact) mass is 258 g/mol. The van der Waals surface area contributed by atoms with E-state index in [2.05, 4.69) is 45.2 Å². The SMILES string of the molecule is [Se]=c1scc(-c2ccccc2)s1. The summed E-state index contributed by atoms with van der Waals surface area (Å²) in [5.41, 5.74) is 1.31. The molecule has 0 saturated carbocycles. The Morgan fingerprint density at radius 2 is 1.83 bits per heavy atom. The second kappa shape index (κ2) is 3.67. The molecule has 0 bridgehead atoms. The molecule has 0 atom stereocenters. The Kier molecular flexibility index (Phi) is 2.56. The van der Waals surface area contributed by atoms with Crippen molar-refractivity contribution in [1.29, 1.82) is 0 Å². The van der Waals surface area contributed by atoms with Gasteiger partial charge in [0.2, 0.25) is 0 Å². The van der Waals surface area contributed by atoms with Gasteiger partial charge in [0.15, 0.2) is 0 Å². The van der Waals surface area contributed by atoms with Crippen LogP contribution in [-0.2, 0) is 0 Å². The Labute approximate surface area is 86.9 Å². The van der Waals surface area contributed by atoms with Crippen molar-refractivity contribution in [2.45, 2.75) is 0 Å². The summed E-state index contributed by atoms with van der Waals surface area (Å²) in [5.74, 6) is 0. The fraction of sp³-hybridized carbons (Fsp3) is 0. The molecular weight excluding hydrogens is 251 g/mol. The van der Waals surface area contributed by atoms with E-state index < -0.39 is 0 Å². The molecule has 0 aliphatic heterocycles. The van der Waals surface area contributed by atoms with Crippen LogP contribution in [0.3, 0.4) is 0 Å². The first-order valence-corrected chi connectivity index (χ1v) is 6.05. The first-order valence-electron chi connectivity index (χ1n) is 3.50. The molecule has 0 N–H and O–H groups in total. The zero-order valence-electron chi connectivity index (χ0n) is 6.19. The minimum atomic E-state index is 1.29. The van der Waals surface area contributed by atoms with E-state index in [1.54, 1.807) is 22.7 Å². The van der Waals surface area contributed by atoms with Gasteiger partial charge in [-0.3, -0.25) is 0 Å². The third kappa shape index (κ3) is 1.75.